The zero-order valence-corrected chi connectivity index (χ0v) is 14.5. The Morgan fingerprint density at radius 3 is 2.38 bits per heavy atom. The average Bonchev–Trinajstić information content (AvgIpc) is 3.37. The van der Waals surface area contributed by atoms with Gasteiger partial charge in [0.1, 0.15) is 5.75 Å². The molecule has 1 aromatic carbocycles. The highest BCUT2D eigenvalue weighted by molar-refractivity contribution is 5.99. The number of rotatable bonds is 5. The van der Waals surface area contributed by atoms with Crippen molar-refractivity contribution >= 4 is 17.5 Å². The highest BCUT2D eigenvalue weighted by atomic mass is 16.5. The van der Waals surface area contributed by atoms with Crippen molar-refractivity contribution in [2.45, 2.75) is 45.6 Å². The maximum absolute atomic E-state index is 12.4. The molecule has 5 heteroatoms. The van der Waals surface area contributed by atoms with Crippen molar-refractivity contribution in [3.63, 3.8) is 0 Å². The lowest BCUT2D eigenvalue weighted by Gasteiger charge is -2.26. The first kappa shape index (κ1) is 16.8. The van der Waals surface area contributed by atoms with Crippen LogP contribution in [-0.2, 0) is 9.59 Å². The summed E-state index contributed by atoms with van der Waals surface area (Å²) in [5.41, 5.74) is 0.743. The van der Waals surface area contributed by atoms with Gasteiger partial charge in [-0.3, -0.25) is 9.59 Å². The summed E-state index contributed by atoms with van der Waals surface area (Å²) in [5.74, 6) is 0.601. The molecule has 1 aliphatic carbocycles. The largest absolute Gasteiger partial charge is 0.491 e. The standard InChI is InChI=1S/C19H26N2O3/c1-13(2)24-15-8-6-14(7-9-15)20-18(22)16-12-17(16)19(23)21-10-4-3-5-11-21/h6-9,13,16-17H,3-5,10-12H2,1-2H3,(H,20,22). The van der Waals surface area contributed by atoms with E-state index in [4.69, 9.17) is 4.74 Å². The van der Waals surface area contributed by atoms with Crippen molar-refractivity contribution in [1.82, 2.24) is 4.90 Å². The lowest BCUT2D eigenvalue weighted by molar-refractivity contribution is -0.134. The molecule has 5 nitrogen and oxygen atoms in total. The molecule has 3 rings (SSSR count). The quantitative estimate of drug-likeness (QED) is 0.903. The van der Waals surface area contributed by atoms with E-state index in [0.717, 1.165) is 37.4 Å². The smallest absolute Gasteiger partial charge is 0.228 e. The number of likely N-dealkylation sites (tertiary alicyclic amines) is 1. The van der Waals surface area contributed by atoms with Crippen LogP contribution >= 0.6 is 0 Å². The van der Waals surface area contributed by atoms with Crippen LogP contribution in [0.15, 0.2) is 24.3 Å². The molecule has 0 aromatic heterocycles. The summed E-state index contributed by atoms with van der Waals surface area (Å²) in [5, 5.41) is 2.91. The molecule has 1 aliphatic heterocycles. The fraction of sp³-hybridized carbons (Fsp3) is 0.579. The number of benzene rings is 1. The van der Waals surface area contributed by atoms with Crippen molar-refractivity contribution in [1.29, 1.82) is 0 Å². The van der Waals surface area contributed by atoms with Gasteiger partial charge in [0, 0.05) is 18.8 Å². The Morgan fingerprint density at radius 1 is 1.08 bits per heavy atom. The predicted molar refractivity (Wildman–Crippen MR) is 92.9 cm³/mol. The first-order chi connectivity index (χ1) is 11.5. The summed E-state index contributed by atoms with van der Waals surface area (Å²) >= 11 is 0. The Hall–Kier alpha value is -2.04. The molecule has 0 bridgehead atoms. The molecule has 0 spiro atoms. The molecule has 1 aromatic rings. The summed E-state index contributed by atoms with van der Waals surface area (Å²) in [7, 11) is 0. The maximum Gasteiger partial charge on any atom is 0.228 e. The summed E-state index contributed by atoms with van der Waals surface area (Å²) < 4.78 is 5.59. The van der Waals surface area contributed by atoms with E-state index in [2.05, 4.69) is 5.32 Å². The number of piperidine rings is 1. The van der Waals surface area contributed by atoms with E-state index >= 15 is 0 Å². The second kappa shape index (κ2) is 7.24. The van der Waals surface area contributed by atoms with Crippen LogP contribution < -0.4 is 10.1 Å². The van der Waals surface area contributed by atoms with Crippen molar-refractivity contribution in [2.75, 3.05) is 18.4 Å². The van der Waals surface area contributed by atoms with Crippen LogP contribution in [0.5, 0.6) is 5.75 Å². The molecule has 1 saturated carbocycles. The van der Waals surface area contributed by atoms with Crippen molar-refractivity contribution in [3.8, 4) is 5.75 Å². The Balaban J connectivity index is 1.50. The number of amides is 2. The summed E-state index contributed by atoms with van der Waals surface area (Å²) in [6.45, 7) is 5.65. The van der Waals surface area contributed by atoms with Gasteiger partial charge in [0.25, 0.3) is 0 Å². The average molecular weight is 330 g/mol. The van der Waals surface area contributed by atoms with Crippen LogP contribution in [0.4, 0.5) is 5.69 Å². The number of nitrogens with one attached hydrogen (secondary N) is 1. The Kier molecular flexibility index (Phi) is 5.07. The number of anilines is 1. The van der Waals surface area contributed by atoms with Crippen molar-refractivity contribution in [2.24, 2.45) is 11.8 Å². The third kappa shape index (κ3) is 4.08. The number of hydrogen-bond donors (Lipinski definition) is 1. The fourth-order valence-corrected chi connectivity index (χ4v) is 3.23. The van der Waals surface area contributed by atoms with E-state index in [9.17, 15) is 9.59 Å². The molecule has 2 amide bonds. The first-order valence-corrected chi connectivity index (χ1v) is 8.91. The second-order valence-electron chi connectivity index (χ2n) is 7.01. The SMILES string of the molecule is CC(C)Oc1ccc(NC(=O)C2CC2C(=O)N2CCCCC2)cc1. The molecule has 2 atom stereocenters. The Bertz CT molecular complexity index is 591. The zero-order chi connectivity index (χ0) is 17.1. The first-order valence-electron chi connectivity index (χ1n) is 8.91. The lowest BCUT2D eigenvalue weighted by Crippen LogP contribution is -2.37. The topological polar surface area (TPSA) is 58.6 Å². The van der Waals surface area contributed by atoms with Gasteiger partial charge in [-0.05, 0) is 63.8 Å². The predicted octanol–water partition coefficient (Wildman–Crippen LogP) is 3.06. The Labute approximate surface area is 143 Å². The van der Waals surface area contributed by atoms with E-state index in [1.807, 2.05) is 43.0 Å². The zero-order valence-electron chi connectivity index (χ0n) is 14.5. The molecule has 2 fully saturated rings. The minimum absolute atomic E-state index is 0.0529. The molecule has 24 heavy (non-hydrogen) atoms. The third-order valence-corrected chi connectivity index (χ3v) is 4.61. The van der Waals surface area contributed by atoms with Crippen LogP contribution in [0, 0.1) is 11.8 Å². The Morgan fingerprint density at radius 2 is 1.75 bits per heavy atom. The molecular formula is C19H26N2O3. The van der Waals surface area contributed by atoms with Gasteiger partial charge in [-0.25, -0.2) is 0 Å². The second-order valence-corrected chi connectivity index (χ2v) is 7.01. The molecule has 1 heterocycles. The van der Waals surface area contributed by atoms with Gasteiger partial charge in [-0.1, -0.05) is 0 Å². The van der Waals surface area contributed by atoms with Gasteiger partial charge < -0.3 is 15.0 Å². The minimum Gasteiger partial charge on any atom is -0.491 e. The van der Waals surface area contributed by atoms with E-state index in [1.165, 1.54) is 6.42 Å². The number of carbonyl (C=O) groups is 2. The number of carbonyl (C=O) groups excluding carboxylic acids is 2. The van der Waals surface area contributed by atoms with Crippen molar-refractivity contribution < 1.29 is 14.3 Å². The van der Waals surface area contributed by atoms with E-state index in [-0.39, 0.29) is 29.8 Å². The summed E-state index contributed by atoms with van der Waals surface area (Å²) in [6.07, 6.45) is 4.17. The fourth-order valence-electron chi connectivity index (χ4n) is 3.23. The number of hydrogen-bond acceptors (Lipinski definition) is 3. The van der Waals surface area contributed by atoms with Gasteiger partial charge in [-0.2, -0.15) is 0 Å². The van der Waals surface area contributed by atoms with Gasteiger partial charge in [0.2, 0.25) is 11.8 Å². The lowest BCUT2D eigenvalue weighted by atomic mass is 10.1. The van der Waals surface area contributed by atoms with Crippen LogP contribution in [0.25, 0.3) is 0 Å². The van der Waals surface area contributed by atoms with Crippen LogP contribution in [0.2, 0.25) is 0 Å². The van der Waals surface area contributed by atoms with E-state index in [1.54, 1.807) is 0 Å². The van der Waals surface area contributed by atoms with Crippen LogP contribution in [0.1, 0.15) is 39.5 Å². The number of ether oxygens (including phenoxy) is 1. The van der Waals surface area contributed by atoms with Gasteiger partial charge in [-0.15, -0.1) is 0 Å². The van der Waals surface area contributed by atoms with Gasteiger partial charge in [0.15, 0.2) is 0 Å². The molecule has 1 N–H and O–H groups in total. The third-order valence-electron chi connectivity index (χ3n) is 4.61. The monoisotopic (exact) mass is 330 g/mol. The van der Waals surface area contributed by atoms with Crippen molar-refractivity contribution in [3.05, 3.63) is 24.3 Å². The van der Waals surface area contributed by atoms with E-state index in [0.29, 0.717) is 6.42 Å². The van der Waals surface area contributed by atoms with Gasteiger partial charge in [0.05, 0.1) is 17.9 Å². The molecule has 130 valence electrons. The van der Waals surface area contributed by atoms with E-state index < -0.39 is 0 Å². The van der Waals surface area contributed by atoms with Gasteiger partial charge >= 0.3 is 0 Å². The van der Waals surface area contributed by atoms with Crippen LogP contribution in [-0.4, -0.2) is 35.9 Å². The molecule has 2 unspecified atom stereocenters. The number of nitrogens with zero attached hydrogens (tertiary/aromatic N) is 1. The summed E-state index contributed by atoms with van der Waals surface area (Å²) in [6, 6.07) is 7.36. The summed E-state index contributed by atoms with van der Waals surface area (Å²) in [4.78, 5) is 26.7. The minimum atomic E-state index is -0.175. The van der Waals surface area contributed by atoms with Crippen LogP contribution in [0.3, 0.4) is 0 Å². The molecular weight excluding hydrogens is 304 g/mol. The highest BCUT2D eigenvalue weighted by Crippen LogP contribution is 2.41. The maximum atomic E-state index is 12.4. The molecule has 2 aliphatic rings. The molecule has 1 saturated heterocycles. The normalized spacial score (nSPS) is 23.0. The molecule has 0 radical (unpaired) electrons. The highest BCUT2D eigenvalue weighted by Gasteiger charge is 2.49.